The molecule has 0 amide bonds. The van der Waals surface area contributed by atoms with E-state index < -0.39 is 74.1 Å². The molecule has 3 heterocycles. The average Bonchev–Trinajstić information content (AvgIpc) is 3.62. The minimum absolute atomic E-state index is 0.0615. The van der Waals surface area contributed by atoms with Crippen LogP contribution in [-0.4, -0.2) is 70.1 Å². The van der Waals surface area contributed by atoms with Gasteiger partial charge in [0.2, 0.25) is 11.2 Å². The normalized spacial score (nSPS) is 22.5. The van der Waals surface area contributed by atoms with Crippen molar-refractivity contribution < 1.29 is 46.9 Å². The molecule has 16 nitrogen and oxygen atoms in total. The van der Waals surface area contributed by atoms with Gasteiger partial charge in [0.05, 0.1) is 30.7 Å². The van der Waals surface area contributed by atoms with Crippen molar-refractivity contribution in [1.29, 1.82) is 5.26 Å². The second-order valence-electron chi connectivity index (χ2n) is 11.7. The number of fused-ring (bicyclic) bond motifs is 1. The van der Waals surface area contributed by atoms with Gasteiger partial charge < -0.3 is 29.2 Å². The molecule has 3 N–H and O–H groups in total. The first-order valence-corrected chi connectivity index (χ1v) is 16.8. The molecular formula is C31H39N6O10P. The second-order valence-corrected chi connectivity index (χ2v) is 13.4. The van der Waals surface area contributed by atoms with E-state index in [1.165, 1.54) is 36.0 Å². The molecule has 1 saturated heterocycles. The molecule has 0 bridgehead atoms. The predicted molar refractivity (Wildman–Crippen MR) is 169 cm³/mol. The summed E-state index contributed by atoms with van der Waals surface area (Å²) < 4.78 is 50.4. The van der Waals surface area contributed by atoms with E-state index in [1.54, 1.807) is 58.9 Å². The highest BCUT2D eigenvalue weighted by Gasteiger charge is 2.67. The highest BCUT2D eigenvalue weighted by Crippen LogP contribution is 2.51. The number of rotatable bonds is 14. The molecule has 2 aromatic heterocycles. The number of nitrogens with two attached hydrogens (primary N) is 1. The summed E-state index contributed by atoms with van der Waals surface area (Å²) in [6, 6.07) is 11.9. The Hall–Kier alpha value is -4.55. The largest absolute Gasteiger partial charge is 0.465 e. The summed E-state index contributed by atoms with van der Waals surface area (Å²) in [6.07, 6.45) is -0.530. The Morgan fingerprint density at radius 3 is 2.42 bits per heavy atom. The molecule has 1 aromatic carbocycles. The molecule has 1 aliphatic heterocycles. The van der Waals surface area contributed by atoms with Crippen molar-refractivity contribution in [3.63, 3.8) is 0 Å². The fourth-order valence-electron chi connectivity index (χ4n) is 4.81. The van der Waals surface area contributed by atoms with Crippen molar-refractivity contribution in [2.75, 3.05) is 25.6 Å². The predicted octanol–water partition coefficient (Wildman–Crippen LogP) is 3.31. The van der Waals surface area contributed by atoms with Gasteiger partial charge in [-0.15, -0.1) is 0 Å². The minimum atomic E-state index is -4.53. The van der Waals surface area contributed by atoms with Gasteiger partial charge in [-0.3, -0.25) is 18.9 Å². The molecule has 3 aromatic rings. The van der Waals surface area contributed by atoms with Gasteiger partial charge in [0.1, 0.15) is 36.3 Å². The van der Waals surface area contributed by atoms with Crippen LogP contribution in [0.5, 0.6) is 5.75 Å². The molecule has 0 saturated carbocycles. The first-order valence-electron chi connectivity index (χ1n) is 15.2. The Morgan fingerprint density at radius 2 is 1.79 bits per heavy atom. The van der Waals surface area contributed by atoms with Crippen molar-refractivity contribution in [3.05, 3.63) is 54.5 Å². The zero-order chi connectivity index (χ0) is 35.3. The van der Waals surface area contributed by atoms with Crippen LogP contribution in [0.2, 0.25) is 0 Å². The summed E-state index contributed by atoms with van der Waals surface area (Å²) in [7, 11) is -4.53. The number of hydrogen-bond acceptors (Lipinski definition) is 14. The molecule has 17 heteroatoms. The number of aromatic nitrogens is 3. The zero-order valence-electron chi connectivity index (χ0n) is 27.4. The summed E-state index contributed by atoms with van der Waals surface area (Å²) in [4.78, 5) is 43.0. The first kappa shape index (κ1) is 36.3. The quantitative estimate of drug-likeness (QED) is 0.141. The number of para-hydroxylation sites is 1. The van der Waals surface area contributed by atoms with E-state index in [-0.39, 0.29) is 23.9 Å². The van der Waals surface area contributed by atoms with E-state index >= 15 is 0 Å². The highest BCUT2D eigenvalue weighted by molar-refractivity contribution is 7.52. The number of anilines is 1. The number of carbonyl (C=O) groups excluding carboxylic acids is 3. The van der Waals surface area contributed by atoms with E-state index in [2.05, 4.69) is 15.2 Å². The molecule has 5 atom stereocenters. The van der Waals surface area contributed by atoms with Gasteiger partial charge in [0, 0.05) is 0 Å². The van der Waals surface area contributed by atoms with E-state index in [0.717, 1.165) is 0 Å². The van der Waals surface area contributed by atoms with Crippen LogP contribution in [0.25, 0.3) is 5.52 Å². The molecule has 1 fully saturated rings. The van der Waals surface area contributed by atoms with Crippen LogP contribution in [0.4, 0.5) is 5.82 Å². The summed E-state index contributed by atoms with van der Waals surface area (Å²) in [5.41, 5.74) is 2.32. The fraction of sp³-hybridized carbons (Fsp3) is 0.484. The molecule has 0 unspecified atom stereocenters. The Labute approximate surface area is 277 Å². The van der Waals surface area contributed by atoms with Gasteiger partial charge in [-0.05, 0) is 38.1 Å². The van der Waals surface area contributed by atoms with E-state index in [4.69, 9.17) is 33.7 Å². The molecule has 4 rings (SSSR count). The van der Waals surface area contributed by atoms with Crippen LogP contribution in [0.15, 0.2) is 48.8 Å². The molecule has 0 aliphatic carbocycles. The van der Waals surface area contributed by atoms with Gasteiger partial charge in [0.15, 0.2) is 11.9 Å². The highest BCUT2D eigenvalue weighted by atomic mass is 31.2. The van der Waals surface area contributed by atoms with Crippen LogP contribution in [0.3, 0.4) is 0 Å². The van der Waals surface area contributed by atoms with Crippen molar-refractivity contribution in [3.8, 4) is 11.8 Å². The number of nitriles is 1. The lowest BCUT2D eigenvalue weighted by Gasteiger charge is -2.37. The third-order valence-corrected chi connectivity index (χ3v) is 8.99. The van der Waals surface area contributed by atoms with E-state index in [1.807, 2.05) is 6.07 Å². The van der Waals surface area contributed by atoms with Gasteiger partial charge in [-0.2, -0.15) is 15.4 Å². The summed E-state index contributed by atoms with van der Waals surface area (Å²) in [6.45, 7) is 8.05. The van der Waals surface area contributed by atoms with E-state index in [9.17, 15) is 24.2 Å². The van der Waals surface area contributed by atoms with E-state index in [0.29, 0.717) is 5.52 Å². The molecule has 0 radical (unpaired) electrons. The number of nitrogen functional groups attached to an aromatic ring is 1. The van der Waals surface area contributed by atoms with Gasteiger partial charge in [-0.1, -0.05) is 45.9 Å². The van der Waals surface area contributed by atoms with Gasteiger partial charge in [0.25, 0.3) is 0 Å². The maximum atomic E-state index is 14.3. The van der Waals surface area contributed by atoms with Crippen LogP contribution in [0.1, 0.15) is 47.2 Å². The lowest BCUT2D eigenvalue weighted by Crippen LogP contribution is -2.55. The van der Waals surface area contributed by atoms with Crippen molar-refractivity contribution in [2.24, 2.45) is 11.8 Å². The topological polar surface area (TPSA) is 216 Å². The standard InChI is InChI=1S/C31H39N6O10P/c1-7-42-28(40)21(6)36-48(41,47-22-11-9-8-10-12-22)44-16-30(15-32)29(45-26(38)19(2)3)31(17-43-30,46-27(39)20(4)5)24-14-13-23-25(33)34-18-35-37(23)24/h8-14,18-21,29H,7,16-17H2,1-6H3,(H,36,41)(H2,33,34,35)/t21-,29+,30+,31-,48-/m0/s1. The van der Waals surface area contributed by atoms with Crippen LogP contribution < -0.4 is 15.3 Å². The number of benzene rings is 1. The molecule has 48 heavy (non-hydrogen) atoms. The van der Waals surface area contributed by atoms with Gasteiger partial charge in [-0.25, -0.2) is 14.1 Å². The zero-order valence-corrected chi connectivity index (χ0v) is 28.3. The Bertz CT molecular complexity index is 1730. The number of carbonyl (C=O) groups is 3. The number of esters is 3. The fourth-order valence-corrected chi connectivity index (χ4v) is 6.33. The minimum Gasteiger partial charge on any atom is -0.465 e. The van der Waals surface area contributed by atoms with Crippen LogP contribution in [0, 0.1) is 23.2 Å². The third kappa shape index (κ3) is 7.44. The van der Waals surface area contributed by atoms with Crippen LogP contribution >= 0.6 is 7.75 Å². The summed E-state index contributed by atoms with van der Waals surface area (Å²) >= 11 is 0. The van der Waals surface area contributed by atoms with Crippen molar-refractivity contribution in [1.82, 2.24) is 19.7 Å². The van der Waals surface area contributed by atoms with Crippen molar-refractivity contribution in [2.45, 2.75) is 64.9 Å². The third-order valence-electron chi connectivity index (χ3n) is 7.37. The number of nitrogens with one attached hydrogen (secondary N) is 1. The first-order chi connectivity index (χ1) is 22.7. The average molecular weight is 687 g/mol. The monoisotopic (exact) mass is 686 g/mol. The lowest BCUT2D eigenvalue weighted by molar-refractivity contribution is -0.191. The second kappa shape index (κ2) is 14.7. The summed E-state index contributed by atoms with van der Waals surface area (Å²) in [5, 5.41) is 17.5. The Balaban J connectivity index is 1.83. The molecule has 0 spiro atoms. The van der Waals surface area contributed by atoms with Crippen molar-refractivity contribution >= 4 is 37.0 Å². The number of hydrogen-bond donors (Lipinski definition) is 2. The van der Waals surface area contributed by atoms with Gasteiger partial charge >= 0.3 is 25.7 Å². The number of ether oxygens (including phenoxy) is 4. The Kier molecular flexibility index (Phi) is 11.1. The SMILES string of the molecule is CCOC(=O)[C@H](C)N[P@](=O)(OC[C@@]1(C#N)OC[C@](OC(=O)C(C)C)(c2ccc3c(N)ncnn23)[C@@H]1OC(=O)C(C)C)Oc1ccccc1. The maximum Gasteiger partial charge on any atom is 0.459 e. The number of nitrogens with zero attached hydrogens (tertiary/aromatic N) is 4. The molecular weight excluding hydrogens is 647 g/mol. The smallest absolute Gasteiger partial charge is 0.459 e. The molecule has 1 aliphatic rings. The summed E-state index contributed by atoms with van der Waals surface area (Å²) in [5.74, 6) is -3.34. The molecule has 258 valence electrons. The lowest BCUT2D eigenvalue weighted by atomic mass is 9.85. The maximum absolute atomic E-state index is 14.3. The van der Waals surface area contributed by atoms with Crippen LogP contribution in [-0.2, 0) is 48.0 Å². The Morgan fingerprint density at radius 1 is 1.10 bits per heavy atom.